The van der Waals surface area contributed by atoms with Gasteiger partial charge in [-0.1, -0.05) is 6.92 Å². The minimum Gasteiger partial charge on any atom is -0.468 e. The molecule has 1 rings (SSSR count). The molecule has 1 unspecified atom stereocenters. The standard InChI is InChI=1S/C8H11NO3S/c1-3-5-4-13-6(7(10)9-5)8(11)12-2/h4,6H,3H2,1-2H3,(H,9,10). The first kappa shape index (κ1) is 10.1. The summed E-state index contributed by atoms with van der Waals surface area (Å²) in [6.45, 7) is 1.94. The molecule has 5 heteroatoms. The van der Waals surface area contributed by atoms with Crippen LogP contribution in [0.15, 0.2) is 11.1 Å². The molecule has 0 saturated heterocycles. The molecule has 13 heavy (non-hydrogen) atoms. The average Bonchev–Trinajstić information content (AvgIpc) is 2.16. The first-order chi connectivity index (χ1) is 6.19. The molecule has 1 aliphatic rings. The molecule has 4 nitrogen and oxygen atoms in total. The van der Waals surface area contributed by atoms with E-state index < -0.39 is 11.2 Å². The number of thioether (sulfide) groups is 1. The predicted molar refractivity (Wildman–Crippen MR) is 49.9 cm³/mol. The number of allylic oxidation sites excluding steroid dienone is 1. The van der Waals surface area contributed by atoms with Gasteiger partial charge in [0.1, 0.15) is 0 Å². The normalized spacial score (nSPS) is 21.8. The van der Waals surface area contributed by atoms with Gasteiger partial charge < -0.3 is 10.1 Å². The van der Waals surface area contributed by atoms with Crippen LogP contribution in [0.3, 0.4) is 0 Å². The van der Waals surface area contributed by atoms with Crippen LogP contribution in [0.4, 0.5) is 0 Å². The van der Waals surface area contributed by atoms with Gasteiger partial charge in [-0.25, -0.2) is 0 Å². The molecule has 0 aliphatic carbocycles. The van der Waals surface area contributed by atoms with Gasteiger partial charge in [-0.15, -0.1) is 11.8 Å². The van der Waals surface area contributed by atoms with E-state index in [1.807, 2.05) is 6.92 Å². The highest BCUT2D eigenvalue weighted by Gasteiger charge is 2.30. The van der Waals surface area contributed by atoms with E-state index in [2.05, 4.69) is 10.1 Å². The van der Waals surface area contributed by atoms with Gasteiger partial charge in [0, 0.05) is 5.70 Å². The van der Waals surface area contributed by atoms with Crippen molar-refractivity contribution in [3.8, 4) is 0 Å². The van der Waals surface area contributed by atoms with Crippen molar-refractivity contribution in [3.63, 3.8) is 0 Å². The largest absolute Gasteiger partial charge is 0.468 e. The second kappa shape index (κ2) is 4.32. The van der Waals surface area contributed by atoms with Gasteiger partial charge in [0.25, 0.3) is 0 Å². The number of hydrogen-bond acceptors (Lipinski definition) is 4. The van der Waals surface area contributed by atoms with E-state index in [1.165, 1.54) is 18.9 Å². The molecule has 0 saturated carbocycles. The van der Waals surface area contributed by atoms with Gasteiger partial charge in [-0.3, -0.25) is 9.59 Å². The molecule has 0 bridgehead atoms. The molecule has 0 aromatic rings. The number of hydrogen-bond donors (Lipinski definition) is 1. The smallest absolute Gasteiger partial charge is 0.328 e. The third-order valence-electron chi connectivity index (χ3n) is 1.66. The Morgan fingerprint density at radius 1 is 1.77 bits per heavy atom. The monoisotopic (exact) mass is 201 g/mol. The Bertz CT molecular complexity index is 262. The maximum Gasteiger partial charge on any atom is 0.328 e. The number of amides is 1. The lowest BCUT2D eigenvalue weighted by Crippen LogP contribution is -2.40. The summed E-state index contributed by atoms with van der Waals surface area (Å²) in [5, 5.41) is 3.66. The lowest BCUT2D eigenvalue weighted by Gasteiger charge is -2.18. The molecule has 1 amide bonds. The summed E-state index contributed by atoms with van der Waals surface area (Å²) in [5.41, 5.74) is 0.843. The zero-order valence-electron chi connectivity index (χ0n) is 7.49. The van der Waals surface area contributed by atoms with Crippen molar-refractivity contribution >= 4 is 23.6 Å². The Labute approximate surface area is 80.7 Å². The Kier molecular flexibility index (Phi) is 3.36. The second-order valence-electron chi connectivity index (χ2n) is 2.53. The number of nitrogens with one attached hydrogen (secondary N) is 1. The molecule has 72 valence electrons. The number of methoxy groups -OCH3 is 1. The van der Waals surface area contributed by atoms with E-state index in [0.717, 1.165) is 12.1 Å². The second-order valence-corrected chi connectivity index (χ2v) is 3.50. The Balaban J connectivity index is 2.68. The van der Waals surface area contributed by atoms with Gasteiger partial charge in [0.05, 0.1) is 7.11 Å². The van der Waals surface area contributed by atoms with Crippen molar-refractivity contribution < 1.29 is 14.3 Å². The topological polar surface area (TPSA) is 55.4 Å². The van der Waals surface area contributed by atoms with Gasteiger partial charge in [-0.05, 0) is 11.8 Å². The van der Waals surface area contributed by atoms with Crippen molar-refractivity contribution in [2.75, 3.05) is 7.11 Å². The summed E-state index contributed by atoms with van der Waals surface area (Å²) in [6.07, 6.45) is 0.757. The molecule has 0 spiro atoms. The number of carbonyl (C=O) groups is 2. The average molecular weight is 201 g/mol. The van der Waals surface area contributed by atoms with Crippen LogP contribution in [-0.4, -0.2) is 24.2 Å². The van der Waals surface area contributed by atoms with Crippen LogP contribution in [0.2, 0.25) is 0 Å². The van der Waals surface area contributed by atoms with Crippen molar-refractivity contribution in [2.24, 2.45) is 0 Å². The third kappa shape index (κ3) is 2.24. The highest BCUT2D eigenvalue weighted by Crippen LogP contribution is 2.21. The van der Waals surface area contributed by atoms with Crippen LogP contribution in [-0.2, 0) is 14.3 Å². The fourth-order valence-corrected chi connectivity index (χ4v) is 1.82. The van der Waals surface area contributed by atoms with Crippen LogP contribution in [0.5, 0.6) is 0 Å². The van der Waals surface area contributed by atoms with Crippen molar-refractivity contribution in [2.45, 2.75) is 18.6 Å². The van der Waals surface area contributed by atoms with E-state index in [9.17, 15) is 9.59 Å². The van der Waals surface area contributed by atoms with Crippen LogP contribution in [0.1, 0.15) is 13.3 Å². The summed E-state index contributed by atoms with van der Waals surface area (Å²) in [6, 6.07) is 0. The summed E-state index contributed by atoms with van der Waals surface area (Å²) in [4.78, 5) is 22.3. The minimum atomic E-state index is -0.750. The zero-order chi connectivity index (χ0) is 9.84. The van der Waals surface area contributed by atoms with E-state index in [4.69, 9.17) is 0 Å². The maximum absolute atomic E-state index is 11.3. The Morgan fingerprint density at radius 2 is 2.46 bits per heavy atom. The summed E-state index contributed by atoms with van der Waals surface area (Å²) in [7, 11) is 1.27. The van der Waals surface area contributed by atoms with Crippen molar-refractivity contribution in [3.05, 3.63) is 11.1 Å². The van der Waals surface area contributed by atoms with Crippen LogP contribution >= 0.6 is 11.8 Å². The highest BCUT2D eigenvalue weighted by molar-refractivity contribution is 8.04. The van der Waals surface area contributed by atoms with Crippen LogP contribution in [0, 0.1) is 0 Å². The number of ether oxygens (including phenoxy) is 1. The quantitative estimate of drug-likeness (QED) is 0.526. The fourth-order valence-electron chi connectivity index (χ4n) is 0.907. The molecular formula is C8H11NO3S. The zero-order valence-corrected chi connectivity index (χ0v) is 8.31. The molecule has 0 radical (unpaired) electrons. The fraction of sp³-hybridized carbons (Fsp3) is 0.500. The molecule has 1 heterocycles. The molecule has 0 fully saturated rings. The van der Waals surface area contributed by atoms with Crippen molar-refractivity contribution in [1.82, 2.24) is 5.32 Å². The van der Waals surface area contributed by atoms with Gasteiger partial charge >= 0.3 is 5.97 Å². The van der Waals surface area contributed by atoms with Gasteiger partial charge in [0.15, 0.2) is 5.25 Å². The number of esters is 1. The highest BCUT2D eigenvalue weighted by atomic mass is 32.2. The van der Waals surface area contributed by atoms with E-state index in [0.29, 0.717) is 0 Å². The Hall–Kier alpha value is -0.970. The predicted octanol–water partition coefficient (Wildman–Crippen LogP) is 0.642. The summed E-state index contributed by atoms with van der Waals surface area (Å²) in [5.74, 6) is -0.801. The lowest BCUT2D eigenvalue weighted by atomic mass is 10.3. The molecular weight excluding hydrogens is 190 g/mol. The van der Waals surface area contributed by atoms with E-state index in [1.54, 1.807) is 5.41 Å². The number of rotatable bonds is 2. The SMILES string of the molecule is CCC1=CSC(C(=O)OC)C(=O)N1. The van der Waals surface area contributed by atoms with Crippen LogP contribution < -0.4 is 5.32 Å². The minimum absolute atomic E-state index is 0.295. The molecule has 1 aliphatic heterocycles. The molecule has 1 atom stereocenters. The lowest BCUT2D eigenvalue weighted by molar-refractivity contribution is -0.142. The molecule has 1 N–H and O–H groups in total. The first-order valence-electron chi connectivity index (χ1n) is 3.92. The molecule has 0 aromatic carbocycles. The van der Waals surface area contributed by atoms with Crippen molar-refractivity contribution in [1.29, 1.82) is 0 Å². The third-order valence-corrected chi connectivity index (χ3v) is 2.76. The van der Waals surface area contributed by atoms with E-state index >= 15 is 0 Å². The molecule has 0 aromatic heterocycles. The number of carbonyl (C=O) groups excluding carboxylic acids is 2. The summed E-state index contributed by atoms with van der Waals surface area (Å²) < 4.78 is 4.48. The van der Waals surface area contributed by atoms with Gasteiger partial charge in [0.2, 0.25) is 5.91 Å². The summed E-state index contributed by atoms with van der Waals surface area (Å²) >= 11 is 1.19. The Morgan fingerprint density at radius 3 is 2.92 bits per heavy atom. The van der Waals surface area contributed by atoms with Gasteiger partial charge in [-0.2, -0.15) is 0 Å². The van der Waals surface area contributed by atoms with E-state index in [-0.39, 0.29) is 5.91 Å². The maximum atomic E-state index is 11.3. The van der Waals surface area contributed by atoms with Crippen LogP contribution in [0.25, 0.3) is 0 Å². The first-order valence-corrected chi connectivity index (χ1v) is 4.86.